The van der Waals surface area contributed by atoms with E-state index in [2.05, 4.69) is 25.6 Å². The first-order chi connectivity index (χ1) is 18.5. The van der Waals surface area contributed by atoms with Crippen molar-refractivity contribution in [1.82, 2.24) is 15.3 Å². The van der Waals surface area contributed by atoms with Crippen LogP contribution in [0.5, 0.6) is 0 Å². The van der Waals surface area contributed by atoms with E-state index in [1.54, 1.807) is 42.6 Å². The summed E-state index contributed by atoms with van der Waals surface area (Å²) in [7, 11) is 0. The van der Waals surface area contributed by atoms with Crippen molar-refractivity contribution in [2.24, 2.45) is 5.10 Å². The van der Waals surface area contributed by atoms with Crippen LogP contribution in [-0.2, 0) is 4.79 Å². The van der Waals surface area contributed by atoms with Crippen LogP contribution in [0.4, 0.5) is 15.9 Å². The minimum absolute atomic E-state index is 0.143. The summed E-state index contributed by atoms with van der Waals surface area (Å²) < 4.78 is 13.1. The molecule has 0 atom stereocenters. The molecule has 192 valence electrons. The fourth-order valence-electron chi connectivity index (χ4n) is 4.34. The molecule has 0 spiro atoms. The molecule has 1 aliphatic heterocycles. The van der Waals surface area contributed by atoms with E-state index in [1.165, 1.54) is 12.1 Å². The van der Waals surface area contributed by atoms with E-state index in [0.717, 1.165) is 22.3 Å². The summed E-state index contributed by atoms with van der Waals surface area (Å²) in [6.45, 7) is 2.94. The van der Waals surface area contributed by atoms with Crippen molar-refractivity contribution in [1.29, 1.82) is 0 Å². The van der Waals surface area contributed by atoms with Gasteiger partial charge in [-0.15, -0.1) is 0 Å². The van der Waals surface area contributed by atoms with Crippen molar-refractivity contribution < 1.29 is 14.0 Å². The van der Waals surface area contributed by atoms with Crippen molar-refractivity contribution in [3.05, 3.63) is 102 Å². The lowest BCUT2D eigenvalue weighted by Crippen LogP contribution is -2.49. The average Bonchev–Trinajstić information content (AvgIpc) is 2.95. The summed E-state index contributed by atoms with van der Waals surface area (Å²) in [6, 6.07) is 24.5. The van der Waals surface area contributed by atoms with Gasteiger partial charge in [-0.25, -0.2) is 14.8 Å². The highest BCUT2D eigenvalue weighted by molar-refractivity contribution is 5.97. The monoisotopic (exact) mass is 510 g/mol. The molecule has 2 N–H and O–H groups in total. The van der Waals surface area contributed by atoms with Gasteiger partial charge in [0.1, 0.15) is 11.6 Å². The molecule has 0 saturated carbocycles. The number of fused-ring (bicyclic) bond motifs is 1. The second-order valence-corrected chi connectivity index (χ2v) is 8.98. The van der Waals surface area contributed by atoms with Gasteiger partial charge in [-0.1, -0.05) is 36.4 Å². The van der Waals surface area contributed by atoms with Crippen LogP contribution in [0.25, 0.3) is 10.9 Å². The lowest BCUT2D eigenvalue weighted by atomic mass is 10.1. The average molecular weight is 511 g/mol. The molecule has 38 heavy (non-hydrogen) atoms. The highest BCUT2D eigenvalue weighted by atomic mass is 19.1. The second-order valence-electron chi connectivity index (χ2n) is 8.98. The number of hydrogen-bond acceptors (Lipinski definition) is 6. The predicted octanol–water partition coefficient (Wildman–Crippen LogP) is 3.90. The predicted molar refractivity (Wildman–Crippen MR) is 147 cm³/mol. The Labute approximate surface area is 219 Å². The second kappa shape index (κ2) is 11.6. The van der Waals surface area contributed by atoms with Crippen LogP contribution in [0.3, 0.4) is 0 Å². The van der Waals surface area contributed by atoms with Crippen molar-refractivity contribution in [3.63, 3.8) is 0 Å². The molecule has 1 aromatic heterocycles. The molecule has 1 aliphatic rings. The number of carbonyl (C=O) groups is 2. The minimum Gasteiger partial charge on any atom is -0.353 e. The number of anilines is 2. The number of benzene rings is 3. The Hall–Kier alpha value is -4.63. The van der Waals surface area contributed by atoms with Crippen LogP contribution in [0.2, 0.25) is 0 Å². The van der Waals surface area contributed by atoms with Gasteiger partial charge in [-0.2, -0.15) is 5.10 Å². The van der Waals surface area contributed by atoms with E-state index in [4.69, 9.17) is 4.98 Å². The minimum atomic E-state index is -0.343. The zero-order valence-electron chi connectivity index (χ0n) is 20.7. The van der Waals surface area contributed by atoms with Crippen LogP contribution in [-0.4, -0.2) is 60.6 Å². The number of hydrogen-bond donors (Lipinski definition) is 2. The number of piperazine rings is 1. The van der Waals surface area contributed by atoms with Crippen molar-refractivity contribution in [3.8, 4) is 0 Å². The number of rotatable bonds is 7. The number of nitrogens with one attached hydrogen (secondary N) is 2. The molecular weight excluding hydrogens is 483 g/mol. The van der Waals surface area contributed by atoms with Gasteiger partial charge in [0.05, 0.1) is 18.3 Å². The number of carbonyl (C=O) groups excluding carboxylic acids is 2. The molecule has 8 nitrogen and oxygen atoms in total. The summed E-state index contributed by atoms with van der Waals surface area (Å²) in [5, 5.41) is 7.98. The fraction of sp³-hybridized carbons (Fsp3) is 0.172. The summed E-state index contributed by atoms with van der Waals surface area (Å²) in [6.07, 6.45) is 1.62. The lowest BCUT2D eigenvalue weighted by molar-refractivity contribution is -0.117. The van der Waals surface area contributed by atoms with E-state index in [9.17, 15) is 14.0 Å². The molecule has 2 heterocycles. The quantitative estimate of drug-likeness (QED) is 0.291. The first kappa shape index (κ1) is 25.0. The van der Waals surface area contributed by atoms with Crippen LogP contribution >= 0.6 is 0 Å². The fourth-order valence-corrected chi connectivity index (χ4v) is 4.34. The molecule has 2 amide bonds. The Balaban J connectivity index is 1.25. The van der Waals surface area contributed by atoms with E-state index >= 15 is 0 Å². The molecule has 1 saturated heterocycles. The zero-order valence-corrected chi connectivity index (χ0v) is 20.7. The zero-order chi connectivity index (χ0) is 26.3. The number of para-hydroxylation sites is 1. The van der Waals surface area contributed by atoms with Crippen molar-refractivity contribution >= 4 is 40.4 Å². The summed E-state index contributed by atoms with van der Waals surface area (Å²) in [5.74, 6) is 0.00165. The number of hydrazone groups is 1. The number of amides is 2. The SMILES string of the molecule is O=C(CN1CCN(c2nc3ccccc3cc2/C=N/NC(=O)c2ccccc2)CC1)Nc1ccc(F)cc1. The Bertz CT molecular complexity index is 1450. The third kappa shape index (κ3) is 6.19. The highest BCUT2D eigenvalue weighted by Gasteiger charge is 2.22. The molecule has 4 aromatic rings. The lowest BCUT2D eigenvalue weighted by Gasteiger charge is -2.35. The van der Waals surface area contributed by atoms with Gasteiger partial charge in [0.25, 0.3) is 5.91 Å². The first-order valence-electron chi connectivity index (χ1n) is 12.4. The van der Waals surface area contributed by atoms with Gasteiger partial charge in [-0.05, 0) is 48.5 Å². The molecule has 0 bridgehead atoms. The van der Waals surface area contributed by atoms with Crippen molar-refractivity contribution in [2.45, 2.75) is 0 Å². The summed E-state index contributed by atoms with van der Waals surface area (Å²) >= 11 is 0. The maximum atomic E-state index is 13.1. The van der Waals surface area contributed by atoms with Gasteiger partial charge >= 0.3 is 0 Å². The normalized spacial score (nSPS) is 14.1. The molecule has 9 heteroatoms. The van der Waals surface area contributed by atoms with E-state index in [0.29, 0.717) is 37.4 Å². The van der Waals surface area contributed by atoms with Gasteiger partial charge in [-0.3, -0.25) is 14.5 Å². The van der Waals surface area contributed by atoms with Crippen LogP contribution in [0.15, 0.2) is 90.0 Å². The molecule has 3 aromatic carbocycles. The van der Waals surface area contributed by atoms with Crippen LogP contribution in [0, 0.1) is 5.82 Å². The summed E-state index contributed by atoms with van der Waals surface area (Å²) in [5.41, 5.74) is 5.35. The maximum absolute atomic E-state index is 13.1. The Morgan fingerprint density at radius 1 is 0.921 bits per heavy atom. The highest BCUT2D eigenvalue weighted by Crippen LogP contribution is 2.24. The van der Waals surface area contributed by atoms with Crippen LogP contribution in [0.1, 0.15) is 15.9 Å². The summed E-state index contributed by atoms with van der Waals surface area (Å²) in [4.78, 5) is 34.0. The molecule has 0 radical (unpaired) electrons. The largest absolute Gasteiger partial charge is 0.353 e. The van der Waals surface area contributed by atoms with Gasteiger partial charge in [0.15, 0.2) is 0 Å². The van der Waals surface area contributed by atoms with Crippen LogP contribution < -0.4 is 15.6 Å². The third-order valence-corrected chi connectivity index (χ3v) is 6.31. The van der Waals surface area contributed by atoms with Gasteiger partial charge < -0.3 is 10.2 Å². The molecular formula is C29H27FN6O2. The number of aromatic nitrogens is 1. The van der Waals surface area contributed by atoms with E-state index < -0.39 is 0 Å². The topological polar surface area (TPSA) is 89.9 Å². The van der Waals surface area contributed by atoms with E-state index in [1.807, 2.05) is 36.4 Å². The van der Waals surface area contributed by atoms with Gasteiger partial charge in [0.2, 0.25) is 5.91 Å². The third-order valence-electron chi connectivity index (χ3n) is 6.31. The van der Waals surface area contributed by atoms with Crippen molar-refractivity contribution in [2.75, 3.05) is 42.9 Å². The molecule has 5 rings (SSSR count). The maximum Gasteiger partial charge on any atom is 0.271 e. The number of nitrogens with zero attached hydrogens (tertiary/aromatic N) is 4. The Morgan fingerprint density at radius 2 is 1.63 bits per heavy atom. The molecule has 0 unspecified atom stereocenters. The smallest absolute Gasteiger partial charge is 0.271 e. The Morgan fingerprint density at radius 3 is 2.39 bits per heavy atom. The van der Waals surface area contributed by atoms with Gasteiger partial charge in [0, 0.05) is 48.4 Å². The molecule has 0 aliphatic carbocycles. The standard InChI is InChI=1S/C29H27FN6O2/c30-24-10-12-25(13-11-24)32-27(37)20-35-14-16-36(17-15-35)28-23(18-22-8-4-5-9-26(22)33-28)19-31-34-29(38)21-6-2-1-3-7-21/h1-13,18-19H,14-17,20H2,(H,32,37)(H,34,38)/b31-19+. The molecule has 1 fully saturated rings. The first-order valence-corrected chi connectivity index (χ1v) is 12.4. The number of pyridine rings is 1. The van der Waals surface area contributed by atoms with E-state index in [-0.39, 0.29) is 24.2 Å². The number of halogens is 1. The Kier molecular flexibility index (Phi) is 7.65.